The van der Waals surface area contributed by atoms with Crippen LogP contribution in [-0.2, 0) is 0 Å². The van der Waals surface area contributed by atoms with E-state index in [-0.39, 0.29) is 11.8 Å². The van der Waals surface area contributed by atoms with Crippen LogP contribution in [0.4, 0.5) is 22.7 Å². The maximum Gasteiger partial charge on any atom is 0.266 e. The number of nitrogens with zero attached hydrogens (tertiary/aromatic N) is 2. The molecule has 5 aromatic rings. The van der Waals surface area contributed by atoms with E-state index < -0.39 is 0 Å². The maximum absolute atomic E-state index is 13.4. The van der Waals surface area contributed by atoms with E-state index in [9.17, 15) is 9.59 Å². The Labute approximate surface area is 213 Å². The van der Waals surface area contributed by atoms with E-state index in [1.54, 1.807) is 24.3 Å². The van der Waals surface area contributed by atoms with Crippen molar-refractivity contribution >= 4 is 34.6 Å². The molecule has 0 atom stereocenters. The lowest BCUT2D eigenvalue weighted by Crippen LogP contribution is -2.29. The average molecular weight is 481 g/mol. The molecule has 5 nitrogen and oxygen atoms in total. The van der Waals surface area contributed by atoms with Crippen LogP contribution in [0, 0.1) is 0 Å². The SMILES string of the molecule is O=C1c2ccccc2C(=O)N1c1cc(-c2ccccc2)cc(N2c3ccccc3Oc3ccccc32)c1. The molecule has 0 fully saturated rings. The van der Waals surface area contributed by atoms with Crippen molar-refractivity contribution in [2.45, 2.75) is 0 Å². The molecule has 0 spiro atoms. The summed E-state index contributed by atoms with van der Waals surface area (Å²) in [5, 5.41) is 0. The molecule has 0 bridgehead atoms. The molecule has 5 heteroatoms. The molecule has 0 N–H and O–H groups in total. The van der Waals surface area contributed by atoms with Gasteiger partial charge in [0.05, 0.1) is 28.2 Å². The smallest absolute Gasteiger partial charge is 0.266 e. The van der Waals surface area contributed by atoms with Gasteiger partial charge in [-0.25, -0.2) is 4.90 Å². The largest absolute Gasteiger partial charge is 0.453 e. The molecule has 2 aliphatic rings. The molecule has 0 aromatic heterocycles. The zero-order chi connectivity index (χ0) is 24.9. The second kappa shape index (κ2) is 8.21. The summed E-state index contributed by atoms with van der Waals surface area (Å²) in [6.07, 6.45) is 0. The number of imide groups is 1. The summed E-state index contributed by atoms with van der Waals surface area (Å²) < 4.78 is 6.19. The van der Waals surface area contributed by atoms with E-state index in [2.05, 4.69) is 11.0 Å². The van der Waals surface area contributed by atoms with Crippen LogP contribution in [0.2, 0.25) is 0 Å². The van der Waals surface area contributed by atoms with Crippen molar-refractivity contribution < 1.29 is 14.3 Å². The van der Waals surface area contributed by atoms with Gasteiger partial charge in [-0.05, 0) is 65.7 Å². The van der Waals surface area contributed by atoms with Crippen LogP contribution in [0.5, 0.6) is 11.5 Å². The number of carbonyl (C=O) groups is 2. The summed E-state index contributed by atoms with van der Waals surface area (Å²) in [7, 11) is 0. The molecule has 2 amide bonds. The Hall–Kier alpha value is -5.16. The summed E-state index contributed by atoms with van der Waals surface area (Å²) >= 11 is 0. The molecule has 2 heterocycles. The molecule has 176 valence electrons. The summed E-state index contributed by atoms with van der Waals surface area (Å²) in [5.74, 6) is 0.821. The predicted octanol–water partition coefficient (Wildman–Crippen LogP) is 7.73. The van der Waals surface area contributed by atoms with Crippen LogP contribution in [0.3, 0.4) is 0 Å². The van der Waals surface area contributed by atoms with E-state index in [4.69, 9.17) is 4.74 Å². The van der Waals surface area contributed by atoms with Gasteiger partial charge in [0, 0.05) is 5.69 Å². The zero-order valence-corrected chi connectivity index (χ0v) is 19.7. The Kier molecular flexibility index (Phi) is 4.69. The third-order valence-corrected chi connectivity index (χ3v) is 6.75. The number of anilines is 4. The lowest BCUT2D eigenvalue weighted by Gasteiger charge is -2.33. The van der Waals surface area contributed by atoms with Gasteiger partial charge in [0.2, 0.25) is 0 Å². The second-order valence-electron chi connectivity index (χ2n) is 8.97. The molecular weight excluding hydrogens is 460 g/mol. The first-order valence-corrected chi connectivity index (χ1v) is 12.0. The van der Waals surface area contributed by atoms with E-state index in [1.165, 1.54) is 4.90 Å². The van der Waals surface area contributed by atoms with Gasteiger partial charge in [-0.3, -0.25) is 9.59 Å². The van der Waals surface area contributed by atoms with Crippen molar-refractivity contribution in [3.8, 4) is 22.6 Å². The summed E-state index contributed by atoms with van der Waals surface area (Å²) in [4.78, 5) is 30.2. The van der Waals surface area contributed by atoms with Gasteiger partial charge in [0.25, 0.3) is 11.8 Å². The van der Waals surface area contributed by atoms with Gasteiger partial charge < -0.3 is 9.64 Å². The van der Waals surface area contributed by atoms with Crippen molar-refractivity contribution in [2.24, 2.45) is 0 Å². The van der Waals surface area contributed by atoms with Crippen molar-refractivity contribution in [2.75, 3.05) is 9.80 Å². The fourth-order valence-corrected chi connectivity index (χ4v) is 5.06. The van der Waals surface area contributed by atoms with Gasteiger partial charge in [-0.1, -0.05) is 66.7 Å². The topological polar surface area (TPSA) is 49.9 Å². The number of carbonyl (C=O) groups excluding carboxylic acids is 2. The van der Waals surface area contributed by atoms with Crippen LogP contribution in [-0.4, -0.2) is 11.8 Å². The minimum absolute atomic E-state index is 0.320. The molecular formula is C32H20N2O3. The standard InChI is InChI=1S/C32H20N2O3/c35-31-25-12-4-5-13-26(25)32(36)34(31)24-19-22(21-10-2-1-3-11-21)18-23(20-24)33-27-14-6-8-16-29(27)37-30-17-9-7-15-28(30)33/h1-20H. The van der Waals surface area contributed by atoms with E-state index >= 15 is 0 Å². The molecule has 0 aliphatic carbocycles. The highest BCUT2D eigenvalue weighted by molar-refractivity contribution is 6.34. The lowest BCUT2D eigenvalue weighted by atomic mass is 10.0. The number of rotatable bonds is 3. The third kappa shape index (κ3) is 3.32. The number of hydrogen-bond donors (Lipinski definition) is 0. The summed E-state index contributed by atoms with van der Waals surface area (Å²) in [6.45, 7) is 0. The Morgan fingerprint density at radius 1 is 0.459 bits per heavy atom. The first kappa shape index (κ1) is 21.1. The van der Waals surface area contributed by atoms with E-state index in [1.807, 2.05) is 91.0 Å². The van der Waals surface area contributed by atoms with Gasteiger partial charge in [-0.15, -0.1) is 0 Å². The van der Waals surface area contributed by atoms with E-state index in [0.717, 1.165) is 39.7 Å². The number of hydrogen-bond acceptors (Lipinski definition) is 4. The first-order valence-electron chi connectivity index (χ1n) is 12.0. The number of fused-ring (bicyclic) bond motifs is 3. The predicted molar refractivity (Wildman–Crippen MR) is 144 cm³/mol. The fourth-order valence-electron chi connectivity index (χ4n) is 5.06. The minimum Gasteiger partial charge on any atom is -0.453 e. The Balaban J connectivity index is 1.46. The average Bonchev–Trinajstić information content (AvgIpc) is 3.21. The van der Waals surface area contributed by atoms with Gasteiger partial charge in [0.1, 0.15) is 0 Å². The van der Waals surface area contributed by atoms with Crippen molar-refractivity contribution in [1.29, 1.82) is 0 Å². The highest BCUT2D eigenvalue weighted by atomic mass is 16.5. The molecule has 0 saturated heterocycles. The first-order chi connectivity index (χ1) is 18.2. The van der Waals surface area contributed by atoms with Crippen LogP contribution in [0.1, 0.15) is 20.7 Å². The number of ether oxygens (including phenoxy) is 1. The van der Waals surface area contributed by atoms with Gasteiger partial charge >= 0.3 is 0 Å². The Morgan fingerprint density at radius 3 is 1.54 bits per heavy atom. The van der Waals surface area contributed by atoms with Gasteiger partial charge in [0.15, 0.2) is 11.5 Å². The van der Waals surface area contributed by atoms with Crippen LogP contribution in [0.15, 0.2) is 121 Å². The normalized spacial score (nSPS) is 13.6. The molecule has 37 heavy (non-hydrogen) atoms. The maximum atomic E-state index is 13.4. The lowest BCUT2D eigenvalue weighted by molar-refractivity contribution is 0.0926. The Morgan fingerprint density at radius 2 is 0.946 bits per heavy atom. The number of amides is 2. The number of benzene rings is 5. The van der Waals surface area contributed by atoms with Crippen LogP contribution in [0.25, 0.3) is 11.1 Å². The van der Waals surface area contributed by atoms with Crippen molar-refractivity contribution in [3.05, 3.63) is 132 Å². The Bertz CT molecular complexity index is 1630. The van der Waals surface area contributed by atoms with Crippen LogP contribution >= 0.6 is 0 Å². The number of para-hydroxylation sites is 4. The quantitative estimate of drug-likeness (QED) is 0.243. The van der Waals surface area contributed by atoms with Crippen molar-refractivity contribution in [1.82, 2.24) is 0 Å². The zero-order valence-electron chi connectivity index (χ0n) is 19.7. The fraction of sp³-hybridized carbons (Fsp3) is 0. The van der Waals surface area contributed by atoms with Gasteiger partial charge in [-0.2, -0.15) is 0 Å². The molecule has 7 rings (SSSR count). The highest BCUT2D eigenvalue weighted by Gasteiger charge is 2.37. The molecule has 2 aliphatic heterocycles. The molecule has 5 aromatic carbocycles. The van der Waals surface area contributed by atoms with Crippen LogP contribution < -0.4 is 14.5 Å². The minimum atomic E-state index is -0.320. The van der Waals surface area contributed by atoms with E-state index in [0.29, 0.717) is 16.8 Å². The third-order valence-electron chi connectivity index (χ3n) is 6.75. The molecule has 0 unspecified atom stereocenters. The molecule has 0 radical (unpaired) electrons. The highest BCUT2D eigenvalue weighted by Crippen LogP contribution is 2.51. The van der Waals surface area contributed by atoms with Crippen molar-refractivity contribution in [3.63, 3.8) is 0 Å². The monoisotopic (exact) mass is 480 g/mol. The second-order valence-corrected chi connectivity index (χ2v) is 8.97. The summed E-state index contributed by atoms with van der Waals surface area (Å²) in [6, 6.07) is 38.5. The summed E-state index contributed by atoms with van der Waals surface area (Å²) in [5.41, 5.74) is 5.80. The molecule has 0 saturated carbocycles.